The van der Waals surface area contributed by atoms with Crippen LogP contribution >= 0.6 is 23.4 Å². The Kier molecular flexibility index (Phi) is 4.52. The normalized spacial score (nSPS) is 11.2. The lowest BCUT2D eigenvalue weighted by Crippen LogP contribution is -2.01. The van der Waals surface area contributed by atoms with Crippen molar-refractivity contribution < 1.29 is 14.3 Å². The Morgan fingerprint density at radius 3 is 2.79 bits per heavy atom. The van der Waals surface area contributed by atoms with Gasteiger partial charge >= 0.3 is 5.97 Å². The van der Waals surface area contributed by atoms with E-state index in [0.717, 1.165) is 0 Å². The molecule has 6 nitrogen and oxygen atoms in total. The predicted octanol–water partition coefficient (Wildman–Crippen LogP) is 4.59. The van der Waals surface area contributed by atoms with Gasteiger partial charge in [0.15, 0.2) is 5.82 Å². The first-order chi connectivity index (χ1) is 13.4. The minimum atomic E-state index is -1.02. The molecule has 2 aromatic carbocycles. The largest absolute Gasteiger partial charge is 0.478 e. The number of aryl methyl sites for hydroxylation is 1. The number of anilines is 1. The van der Waals surface area contributed by atoms with Crippen molar-refractivity contribution in [3.63, 3.8) is 0 Å². The van der Waals surface area contributed by atoms with Gasteiger partial charge in [-0.2, -0.15) is 5.10 Å². The second-order valence-electron chi connectivity index (χ2n) is 6.11. The monoisotopic (exact) mass is 416 g/mol. The van der Waals surface area contributed by atoms with Gasteiger partial charge in [0.1, 0.15) is 5.82 Å². The molecule has 0 atom stereocenters. The lowest BCUT2D eigenvalue weighted by molar-refractivity contribution is 0.0696. The number of aromatic nitrogens is 3. The average Bonchev–Trinajstić information content (AvgIpc) is 3.20. The molecule has 0 aliphatic carbocycles. The van der Waals surface area contributed by atoms with Crippen LogP contribution in [0.15, 0.2) is 58.6 Å². The first kappa shape index (κ1) is 18.4. The number of nitrogens with zero attached hydrogens (tertiary/aromatic N) is 3. The Labute approximate surface area is 168 Å². The molecule has 0 amide bonds. The molecule has 0 saturated heterocycles. The fraction of sp³-hybridized carbons (Fsp3) is 0.0526. The zero-order valence-corrected chi connectivity index (χ0v) is 16.1. The fourth-order valence-electron chi connectivity index (χ4n) is 3.01. The van der Waals surface area contributed by atoms with E-state index in [0.29, 0.717) is 26.7 Å². The SMILES string of the molecule is Cn1cc(-n2c(N)c(Sc3cccc(C(=O)O)c3)c3ccc(Cl)c(F)c32)cn1. The number of carboxylic acids is 1. The zero-order valence-electron chi connectivity index (χ0n) is 14.6. The molecule has 142 valence electrons. The summed E-state index contributed by atoms with van der Waals surface area (Å²) in [5.74, 6) is -1.29. The number of nitrogens with two attached hydrogens (primary N) is 1. The van der Waals surface area contributed by atoms with Gasteiger partial charge in [0, 0.05) is 23.5 Å². The van der Waals surface area contributed by atoms with Crippen molar-refractivity contribution in [3.8, 4) is 5.69 Å². The van der Waals surface area contributed by atoms with Gasteiger partial charge in [0.2, 0.25) is 0 Å². The number of hydrogen-bond acceptors (Lipinski definition) is 4. The molecular weight excluding hydrogens is 403 g/mol. The van der Waals surface area contributed by atoms with Crippen LogP contribution in [0.4, 0.5) is 10.2 Å². The molecule has 0 saturated carbocycles. The zero-order chi connectivity index (χ0) is 20.0. The predicted molar refractivity (Wildman–Crippen MR) is 107 cm³/mol. The van der Waals surface area contributed by atoms with E-state index >= 15 is 0 Å². The summed E-state index contributed by atoms with van der Waals surface area (Å²) in [5, 5.41) is 13.9. The number of carbonyl (C=O) groups is 1. The molecule has 0 aliphatic heterocycles. The van der Waals surface area contributed by atoms with E-state index in [1.807, 2.05) is 0 Å². The Morgan fingerprint density at radius 1 is 1.32 bits per heavy atom. The van der Waals surface area contributed by atoms with Crippen LogP contribution < -0.4 is 5.73 Å². The van der Waals surface area contributed by atoms with Crippen molar-refractivity contribution in [2.24, 2.45) is 7.05 Å². The Hall–Kier alpha value is -2.97. The third-order valence-corrected chi connectivity index (χ3v) is 5.68. The van der Waals surface area contributed by atoms with Gasteiger partial charge in [-0.15, -0.1) is 0 Å². The minimum absolute atomic E-state index is 0.0143. The summed E-state index contributed by atoms with van der Waals surface area (Å²) in [4.78, 5) is 12.5. The van der Waals surface area contributed by atoms with E-state index < -0.39 is 11.8 Å². The van der Waals surface area contributed by atoms with Crippen molar-refractivity contribution in [2.45, 2.75) is 9.79 Å². The maximum Gasteiger partial charge on any atom is 0.335 e. The van der Waals surface area contributed by atoms with Gasteiger partial charge in [-0.05, 0) is 30.3 Å². The molecule has 0 fully saturated rings. The topological polar surface area (TPSA) is 86.1 Å². The number of halogens is 2. The molecular formula is C19H14ClFN4O2S. The maximum atomic E-state index is 14.9. The second-order valence-corrected chi connectivity index (χ2v) is 7.61. The molecule has 2 aromatic heterocycles. The smallest absolute Gasteiger partial charge is 0.335 e. The number of carboxylic acid groups (broad SMARTS) is 1. The molecule has 3 N–H and O–H groups in total. The first-order valence-electron chi connectivity index (χ1n) is 8.15. The molecule has 0 unspecified atom stereocenters. The highest BCUT2D eigenvalue weighted by molar-refractivity contribution is 7.99. The highest BCUT2D eigenvalue weighted by Gasteiger charge is 2.22. The van der Waals surface area contributed by atoms with Gasteiger partial charge in [-0.1, -0.05) is 29.4 Å². The number of nitrogen functional groups attached to an aromatic ring is 1. The Balaban J connectivity index is 1.95. The van der Waals surface area contributed by atoms with E-state index in [9.17, 15) is 14.3 Å². The Bertz CT molecular complexity index is 1230. The summed E-state index contributed by atoms with van der Waals surface area (Å²) in [7, 11) is 1.75. The summed E-state index contributed by atoms with van der Waals surface area (Å²) < 4.78 is 18.1. The van der Waals surface area contributed by atoms with Crippen molar-refractivity contribution >= 4 is 46.1 Å². The highest BCUT2D eigenvalue weighted by Crippen LogP contribution is 2.43. The summed E-state index contributed by atoms with van der Waals surface area (Å²) in [6.45, 7) is 0. The van der Waals surface area contributed by atoms with Gasteiger partial charge in [0.25, 0.3) is 0 Å². The van der Waals surface area contributed by atoms with E-state index in [4.69, 9.17) is 17.3 Å². The summed E-state index contributed by atoms with van der Waals surface area (Å²) in [6, 6.07) is 9.66. The average molecular weight is 417 g/mol. The van der Waals surface area contributed by atoms with Gasteiger partial charge in [-0.3, -0.25) is 9.25 Å². The molecule has 0 aliphatic rings. The molecule has 28 heavy (non-hydrogen) atoms. The van der Waals surface area contributed by atoms with Crippen LogP contribution in [0.1, 0.15) is 10.4 Å². The van der Waals surface area contributed by atoms with Crippen LogP contribution in [-0.2, 0) is 7.05 Å². The van der Waals surface area contributed by atoms with Crippen LogP contribution in [0.3, 0.4) is 0 Å². The quantitative estimate of drug-likeness (QED) is 0.508. The number of benzene rings is 2. The number of fused-ring (bicyclic) bond motifs is 1. The van der Waals surface area contributed by atoms with Crippen LogP contribution in [-0.4, -0.2) is 25.4 Å². The van der Waals surface area contributed by atoms with E-state index in [2.05, 4.69) is 5.10 Å². The maximum absolute atomic E-state index is 14.9. The summed E-state index contributed by atoms with van der Waals surface area (Å²) >= 11 is 7.27. The van der Waals surface area contributed by atoms with Gasteiger partial charge < -0.3 is 10.8 Å². The van der Waals surface area contributed by atoms with Gasteiger partial charge in [-0.25, -0.2) is 9.18 Å². The standard InChI is InChI=1S/C19H14ClFN4O2S/c1-24-9-11(8-23-24)25-16-13(5-6-14(20)15(16)21)17(18(25)22)28-12-4-2-3-10(7-12)19(26)27/h2-9H,22H2,1H3,(H,26,27). The third-order valence-electron chi connectivity index (χ3n) is 4.26. The molecule has 0 bridgehead atoms. The van der Waals surface area contributed by atoms with Crippen LogP contribution in [0.2, 0.25) is 5.02 Å². The lowest BCUT2D eigenvalue weighted by Gasteiger charge is -2.06. The minimum Gasteiger partial charge on any atom is -0.478 e. The molecule has 9 heteroatoms. The highest BCUT2D eigenvalue weighted by atomic mass is 35.5. The molecule has 2 heterocycles. The fourth-order valence-corrected chi connectivity index (χ4v) is 4.20. The van der Waals surface area contributed by atoms with E-state index in [-0.39, 0.29) is 16.1 Å². The Morgan fingerprint density at radius 2 is 2.11 bits per heavy atom. The summed E-state index contributed by atoms with van der Waals surface area (Å²) in [5.41, 5.74) is 7.40. The van der Waals surface area contributed by atoms with Crippen molar-refractivity contribution in [1.82, 2.24) is 14.3 Å². The summed E-state index contributed by atoms with van der Waals surface area (Å²) in [6.07, 6.45) is 3.30. The van der Waals surface area contributed by atoms with Crippen LogP contribution in [0.25, 0.3) is 16.6 Å². The first-order valence-corrected chi connectivity index (χ1v) is 9.34. The van der Waals surface area contributed by atoms with Crippen LogP contribution in [0, 0.1) is 5.82 Å². The van der Waals surface area contributed by atoms with E-state index in [1.165, 1.54) is 23.9 Å². The molecule has 4 aromatic rings. The van der Waals surface area contributed by atoms with Crippen molar-refractivity contribution in [2.75, 3.05) is 5.73 Å². The van der Waals surface area contributed by atoms with Crippen LogP contribution in [0.5, 0.6) is 0 Å². The number of rotatable bonds is 4. The number of aromatic carboxylic acids is 1. The molecule has 0 spiro atoms. The number of hydrogen-bond donors (Lipinski definition) is 2. The molecule has 4 rings (SSSR count). The second kappa shape index (κ2) is 6.88. The van der Waals surface area contributed by atoms with E-state index in [1.54, 1.807) is 53.0 Å². The third kappa shape index (κ3) is 3.00. The van der Waals surface area contributed by atoms with Crippen molar-refractivity contribution in [3.05, 3.63) is 65.2 Å². The van der Waals surface area contributed by atoms with Gasteiger partial charge in [0.05, 0.1) is 32.9 Å². The lowest BCUT2D eigenvalue weighted by atomic mass is 10.2. The van der Waals surface area contributed by atoms with Crippen molar-refractivity contribution in [1.29, 1.82) is 0 Å². The molecule has 0 radical (unpaired) electrons.